The summed E-state index contributed by atoms with van der Waals surface area (Å²) in [5.41, 5.74) is 1.61. The summed E-state index contributed by atoms with van der Waals surface area (Å²) < 4.78 is 4.93. The molecule has 1 N–H and O–H groups in total. The van der Waals surface area contributed by atoms with E-state index in [0.29, 0.717) is 5.56 Å². The molecule has 0 spiro atoms. The third-order valence-electron chi connectivity index (χ3n) is 3.90. The number of carbonyl (C=O) groups is 2. The number of rotatable bonds is 3. The Hall–Kier alpha value is -1.68. The Bertz CT molecular complexity index is 529. The largest absolute Gasteiger partial charge is 0.480 e. The van der Waals surface area contributed by atoms with E-state index in [-0.39, 0.29) is 19.0 Å². The van der Waals surface area contributed by atoms with Crippen molar-refractivity contribution in [1.29, 1.82) is 0 Å². The van der Waals surface area contributed by atoms with Gasteiger partial charge in [0.25, 0.3) is 0 Å². The minimum absolute atomic E-state index is 0.0156. The van der Waals surface area contributed by atoms with Gasteiger partial charge in [-0.3, -0.25) is 9.59 Å². The summed E-state index contributed by atoms with van der Waals surface area (Å²) in [6.07, 6.45) is 3.14. The maximum absolute atomic E-state index is 12.3. The molecule has 0 unspecified atom stereocenters. The molecule has 1 aliphatic carbocycles. The first-order chi connectivity index (χ1) is 8.63. The minimum Gasteiger partial charge on any atom is -0.480 e. The lowest BCUT2D eigenvalue weighted by molar-refractivity contribution is -0.168. The fourth-order valence-corrected chi connectivity index (χ4v) is 2.65. The highest BCUT2D eigenvalue weighted by Crippen LogP contribution is 2.33. The van der Waals surface area contributed by atoms with Gasteiger partial charge in [-0.25, -0.2) is 0 Å². The van der Waals surface area contributed by atoms with Crippen molar-refractivity contribution in [3.8, 4) is 0 Å². The molecule has 1 aromatic carbocycles. The quantitative estimate of drug-likeness (QED) is 0.647. The molecule has 0 amide bonds. The van der Waals surface area contributed by atoms with E-state index in [1.807, 2.05) is 12.1 Å². The molecule has 1 fully saturated rings. The van der Waals surface area contributed by atoms with Crippen molar-refractivity contribution >= 4 is 11.8 Å². The van der Waals surface area contributed by atoms with Crippen LogP contribution in [0.15, 0.2) is 18.2 Å². The standard InChI is InChI=1S/C14H14O4/c15-12(14(13(16)17)7-18-8-14)11-5-4-9-2-1-3-10(9)6-11/h4-6H,1-3,7-8H2,(H,16,17). The Morgan fingerprint density at radius 1 is 1.17 bits per heavy atom. The molecular formula is C14H14O4. The lowest BCUT2D eigenvalue weighted by atomic mass is 9.78. The second kappa shape index (κ2) is 3.92. The third kappa shape index (κ3) is 1.49. The van der Waals surface area contributed by atoms with Gasteiger partial charge in [-0.1, -0.05) is 12.1 Å². The second-order valence-electron chi connectivity index (χ2n) is 5.05. The molecule has 2 aliphatic rings. The summed E-state index contributed by atoms with van der Waals surface area (Å²) in [7, 11) is 0. The smallest absolute Gasteiger partial charge is 0.322 e. The van der Waals surface area contributed by atoms with Crippen LogP contribution in [0, 0.1) is 5.41 Å². The lowest BCUT2D eigenvalue weighted by Gasteiger charge is -2.35. The van der Waals surface area contributed by atoms with Crippen molar-refractivity contribution in [3.63, 3.8) is 0 Å². The van der Waals surface area contributed by atoms with E-state index in [4.69, 9.17) is 4.74 Å². The number of aryl methyl sites for hydroxylation is 2. The molecular weight excluding hydrogens is 232 g/mol. The molecule has 1 saturated heterocycles. The Morgan fingerprint density at radius 2 is 1.89 bits per heavy atom. The first kappa shape index (κ1) is 11.4. The Balaban J connectivity index is 1.95. The van der Waals surface area contributed by atoms with Crippen LogP contribution >= 0.6 is 0 Å². The van der Waals surface area contributed by atoms with Crippen LogP contribution in [0.25, 0.3) is 0 Å². The highest BCUT2D eigenvalue weighted by molar-refractivity contribution is 6.13. The Morgan fingerprint density at radius 3 is 2.50 bits per heavy atom. The fraction of sp³-hybridized carbons (Fsp3) is 0.429. The summed E-state index contributed by atoms with van der Waals surface area (Å²) in [6.45, 7) is -0.0312. The fourth-order valence-electron chi connectivity index (χ4n) is 2.65. The highest BCUT2D eigenvalue weighted by atomic mass is 16.5. The van der Waals surface area contributed by atoms with E-state index in [2.05, 4.69) is 0 Å². The van der Waals surface area contributed by atoms with Gasteiger partial charge in [-0.05, 0) is 36.5 Å². The first-order valence-corrected chi connectivity index (χ1v) is 6.11. The van der Waals surface area contributed by atoms with Crippen LogP contribution in [0.2, 0.25) is 0 Å². The molecule has 1 heterocycles. The maximum atomic E-state index is 12.3. The summed E-state index contributed by atoms with van der Waals surface area (Å²) >= 11 is 0. The molecule has 0 saturated carbocycles. The topological polar surface area (TPSA) is 63.6 Å². The van der Waals surface area contributed by atoms with E-state index >= 15 is 0 Å². The van der Waals surface area contributed by atoms with E-state index < -0.39 is 11.4 Å². The highest BCUT2D eigenvalue weighted by Gasteiger charge is 2.53. The Labute approximate surface area is 105 Å². The van der Waals surface area contributed by atoms with Gasteiger partial charge in [-0.2, -0.15) is 0 Å². The molecule has 0 bridgehead atoms. The second-order valence-corrected chi connectivity index (χ2v) is 5.05. The molecule has 4 nitrogen and oxygen atoms in total. The molecule has 0 atom stereocenters. The third-order valence-corrected chi connectivity index (χ3v) is 3.90. The summed E-state index contributed by atoms with van der Waals surface area (Å²) in [5.74, 6) is -1.41. The number of hydrogen-bond donors (Lipinski definition) is 1. The van der Waals surface area contributed by atoms with Gasteiger partial charge >= 0.3 is 5.97 Å². The minimum atomic E-state index is -1.35. The number of carboxylic acids is 1. The van der Waals surface area contributed by atoms with Crippen molar-refractivity contribution in [2.75, 3.05) is 13.2 Å². The van der Waals surface area contributed by atoms with Gasteiger partial charge in [0, 0.05) is 5.56 Å². The van der Waals surface area contributed by atoms with Gasteiger partial charge in [0.2, 0.25) is 0 Å². The van der Waals surface area contributed by atoms with Crippen LogP contribution in [-0.2, 0) is 22.4 Å². The number of hydrogen-bond acceptors (Lipinski definition) is 3. The van der Waals surface area contributed by atoms with E-state index in [1.165, 1.54) is 11.1 Å². The number of carbonyl (C=O) groups excluding carboxylic acids is 1. The first-order valence-electron chi connectivity index (χ1n) is 6.11. The van der Waals surface area contributed by atoms with E-state index in [0.717, 1.165) is 19.3 Å². The van der Waals surface area contributed by atoms with Crippen LogP contribution in [0.1, 0.15) is 27.9 Å². The van der Waals surface area contributed by atoms with Gasteiger partial charge in [-0.15, -0.1) is 0 Å². The molecule has 1 aromatic rings. The molecule has 0 aromatic heterocycles. The number of ketones is 1. The number of fused-ring (bicyclic) bond motifs is 1. The van der Waals surface area contributed by atoms with Crippen LogP contribution in [-0.4, -0.2) is 30.1 Å². The van der Waals surface area contributed by atoms with Gasteiger partial charge in [0.15, 0.2) is 11.2 Å². The van der Waals surface area contributed by atoms with E-state index in [1.54, 1.807) is 6.07 Å². The molecule has 94 valence electrons. The molecule has 0 radical (unpaired) electrons. The maximum Gasteiger partial charge on any atom is 0.322 e. The molecule has 18 heavy (non-hydrogen) atoms. The van der Waals surface area contributed by atoms with Crippen molar-refractivity contribution in [2.45, 2.75) is 19.3 Å². The van der Waals surface area contributed by atoms with Gasteiger partial charge in [0.05, 0.1) is 13.2 Å². The Kier molecular flexibility index (Phi) is 2.48. The number of Topliss-reactive ketones (excluding diaryl/α,β-unsaturated/α-hetero) is 1. The average Bonchev–Trinajstić information content (AvgIpc) is 2.73. The molecule has 3 rings (SSSR count). The number of benzene rings is 1. The summed E-state index contributed by atoms with van der Waals surface area (Å²) in [4.78, 5) is 23.6. The van der Waals surface area contributed by atoms with Crippen LogP contribution in [0.5, 0.6) is 0 Å². The van der Waals surface area contributed by atoms with Crippen LogP contribution in [0.4, 0.5) is 0 Å². The lowest BCUT2D eigenvalue weighted by Crippen LogP contribution is -2.54. The predicted octanol–water partition coefficient (Wildman–Crippen LogP) is 1.46. The van der Waals surface area contributed by atoms with Crippen molar-refractivity contribution in [3.05, 3.63) is 34.9 Å². The number of aliphatic carboxylic acids is 1. The van der Waals surface area contributed by atoms with Crippen molar-refractivity contribution < 1.29 is 19.4 Å². The van der Waals surface area contributed by atoms with Crippen molar-refractivity contribution in [2.24, 2.45) is 5.41 Å². The van der Waals surface area contributed by atoms with Gasteiger partial charge in [0.1, 0.15) is 0 Å². The zero-order valence-electron chi connectivity index (χ0n) is 9.94. The van der Waals surface area contributed by atoms with Crippen LogP contribution in [0.3, 0.4) is 0 Å². The van der Waals surface area contributed by atoms with Gasteiger partial charge < -0.3 is 9.84 Å². The average molecular weight is 246 g/mol. The zero-order valence-corrected chi connectivity index (χ0v) is 9.94. The van der Waals surface area contributed by atoms with Crippen LogP contribution < -0.4 is 0 Å². The number of ether oxygens (including phenoxy) is 1. The predicted molar refractivity (Wildman–Crippen MR) is 63.7 cm³/mol. The van der Waals surface area contributed by atoms with Crippen molar-refractivity contribution in [1.82, 2.24) is 0 Å². The monoisotopic (exact) mass is 246 g/mol. The molecule has 1 aliphatic heterocycles. The SMILES string of the molecule is O=C(O)C1(C(=O)c2ccc3c(c2)CCC3)COC1. The van der Waals surface area contributed by atoms with E-state index in [9.17, 15) is 14.7 Å². The normalized spacial score (nSPS) is 20.0. The summed E-state index contributed by atoms with van der Waals surface area (Å²) in [5, 5.41) is 9.21. The number of carboxylic acid groups (broad SMARTS) is 1. The zero-order chi connectivity index (χ0) is 12.8. The summed E-state index contributed by atoms with van der Waals surface area (Å²) in [6, 6.07) is 5.55. The molecule has 4 heteroatoms.